The number of methoxy groups -OCH3 is 2. The minimum Gasteiger partial charge on any atom is -0.465 e. The van der Waals surface area contributed by atoms with Crippen molar-refractivity contribution >= 4 is 27.6 Å². The zero-order valence-electron chi connectivity index (χ0n) is 14.9. The largest absolute Gasteiger partial charge is 0.465 e. The van der Waals surface area contributed by atoms with Crippen LogP contribution in [0, 0.1) is 5.92 Å². The molecule has 0 atom stereocenters. The summed E-state index contributed by atoms with van der Waals surface area (Å²) in [5.41, 5.74) is 0.984. The molecule has 1 heterocycles. The first kappa shape index (κ1) is 20.3. The number of piperidine rings is 1. The molecule has 8 nitrogen and oxygen atoms in total. The summed E-state index contributed by atoms with van der Waals surface area (Å²) in [4.78, 5) is 23.8. The van der Waals surface area contributed by atoms with Crippen molar-refractivity contribution in [2.75, 3.05) is 45.0 Å². The highest BCUT2D eigenvalue weighted by atomic mass is 32.2. The number of sulfonamides is 1. The molecule has 0 saturated carbocycles. The van der Waals surface area contributed by atoms with E-state index in [-0.39, 0.29) is 24.2 Å². The second kappa shape index (κ2) is 9.11. The van der Waals surface area contributed by atoms with Crippen LogP contribution >= 0.6 is 0 Å². The van der Waals surface area contributed by atoms with Gasteiger partial charge in [0.15, 0.2) is 0 Å². The van der Waals surface area contributed by atoms with Crippen LogP contribution in [0.1, 0.15) is 23.2 Å². The number of nitrogens with zero attached hydrogens (tertiary/aromatic N) is 1. The van der Waals surface area contributed by atoms with Crippen molar-refractivity contribution in [2.24, 2.45) is 5.92 Å². The Morgan fingerprint density at radius 3 is 2.31 bits per heavy atom. The number of hydrogen-bond acceptors (Lipinski definition) is 6. The fourth-order valence-electron chi connectivity index (χ4n) is 2.77. The number of anilines is 1. The number of carbonyl (C=O) groups is 2. The molecule has 9 heteroatoms. The minimum absolute atomic E-state index is 0.0487. The summed E-state index contributed by atoms with van der Waals surface area (Å²) in [5.74, 6) is -0.883. The molecule has 1 amide bonds. The molecule has 1 aromatic rings. The third kappa shape index (κ3) is 5.26. The van der Waals surface area contributed by atoms with E-state index in [9.17, 15) is 18.0 Å². The lowest BCUT2D eigenvalue weighted by Crippen LogP contribution is -2.42. The second-order valence-electron chi connectivity index (χ2n) is 6.04. The van der Waals surface area contributed by atoms with Crippen molar-refractivity contribution in [1.29, 1.82) is 0 Å². The van der Waals surface area contributed by atoms with Gasteiger partial charge < -0.3 is 14.8 Å². The monoisotopic (exact) mass is 384 g/mol. The van der Waals surface area contributed by atoms with E-state index in [1.807, 2.05) is 0 Å². The molecule has 0 bridgehead atoms. The standard InChI is InChI=1S/C17H24N2O6S/c1-24-11-12-26(22,23)19-9-7-13(8-10-19)16(20)18-15-5-3-14(4-6-15)17(21)25-2/h3-6,13H,7-12H2,1-2H3,(H,18,20). The van der Waals surface area contributed by atoms with Gasteiger partial charge >= 0.3 is 5.97 Å². The summed E-state index contributed by atoms with van der Waals surface area (Å²) in [6.45, 7) is 0.807. The quantitative estimate of drug-likeness (QED) is 0.707. The molecule has 144 valence electrons. The lowest BCUT2D eigenvalue weighted by Gasteiger charge is -2.30. The molecule has 1 aromatic carbocycles. The molecule has 0 unspecified atom stereocenters. The van der Waals surface area contributed by atoms with Gasteiger partial charge in [0.25, 0.3) is 0 Å². The summed E-state index contributed by atoms with van der Waals surface area (Å²) < 4.78 is 35.1. The lowest BCUT2D eigenvalue weighted by atomic mass is 9.97. The second-order valence-corrected chi connectivity index (χ2v) is 8.13. The predicted molar refractivity (Wildman–Crippen MR) is 96.4 cm³/mol. The molecule has 1 aliphatic rings. The Hall–Kier alpha value is -1.97. The average molecular weight is 384 g/mol. The topological polar surface area (TPSA) is 102 Å². The summed E-state index contributed by atoms with van der Waals surface area (Å²) in [7, 11) is -0.569. The van der Waals surface area contributed by atoms with Crippen LogP contribution in [-0.2, 0) is 24.3 Å². The molecule has 1 saturated heterocycles. The van der Waals surface area contributed by atoms with Gasteiger partial charge in [-0.15, -0.1) is 0 Å². The number of rotatable bonds is 7. The van der Waals surface area contributed by atoms with E-state index in [0.717, 1.165) is 0 Å². The summed E-state index contributed by atoms with van der Waals surface area (Å²) >= 11 is 0. The van der Waals surface area contributed by atoms with Crippen LogP contribution in [0.25, 0.3) is 0 Å². The van der Waals surface area contributed by atoms with Gasteiger partial charge in [-0.25, -0.2) is 17.5 Å². The maximum Gasteiger partial charge on any atom is 0.337 e. The molecule has 1 aliphatic heterocycles. The number of ether oxygens (including phenoxy) is 2. The Bertz CT molecular complexity index is 724. The van der Waals surface area contributed by atoms with Gasteiger partial charge in [-0.1, -0.05) is 0 Å². The van der Waals surface area contributed by atoms with E-state index in [1.54, 1.807) is 24.3 Å². The maximum absolute atomic E-state index is 12.4. The zero-order valence-corrected chi connectivity index (χ0v) is 15.8. The SMILES string of the molecule is COCCS(=O)(=O)N1CCC(C(=O)Nc2ccc(C(=O)OC)cc2)CC1. The third-order valence-electron chi connectivity index (χ3n) is 4.34. The first-order valence-electron chi connectivity index (χ1n) is 8.33. The van der Waals surface area contributed by atoms with Crippen LogP contribution in [0.2, 0.25) is 0 Å². The Morgan fingerprint density at radius 1 is 1.15 bits per heavy atom. The maximum atomic E-state index is 12.4. The van der Waals surface area contributed by atoms with E-state index in [2.05, 4.69) is 10.1 Å². The molecule has 0 spiro atoms. The van der Waals surface area contributed by atoms with Crippen molar-refractivity contribution in [1.82, 2.24) is 4.31 Å². The summed E-state index contributed by atoms with van der Waals surface area (Å²) in [6, 6.07) is 6.42. The first-order valence-corrected chi connectivity index (χ1v) is 9.94. The molecular formula is C17H24N2O6S. The summed E-state index contributed by atoms with van der Waals surface area (Å²) in [5, 5.41) is 2.80. The van der Waals surface area contributed by atoms with E-state index in [1.165, 1.54) is 18.5 Å². The van der Waals surface area contributed by atoms with Gasteiger partial charge in [0.2, 0.25) is 15.9 Å². The van der Waals surface area contributed by atoms with E-state index >= 15 is 0 Å². The Labute approximate surface area is 153 Å². The number of hydrogen-bond donors (Lipinski definition) is 1. The van der Waals surface area contributed by atoms with Crippen LogP contribution in [0.3, 0.4) is 0 Å². The number of benzene rings is 1. The molecule has 0 aromatic heterocycles. The van der Waals surface area contributed by atoms with Crippen molar-refractivity contribution < 1.29 is 27.5 Å². The average Bonchev–Trinajstić information content (AvgIpc) is 2.66. The van der Waals surface area contributed by atoms with Crippen LogP contribution in [0.5, 0.6) is 0 Å². The molecular weight excluding hydrogens is 360 g/mol. The highest BCUT2D eigenvalue weighted by Crippen LogP contribution is 2.22. The van der Waals surface area contributed by atoms with Crippen molar-refractivity contribution in [3.63, 3.8) is 0 Å². The van der Waals surface area contributed by atoms with Crippen molar-refractivity contribution in [3.05, 3.63) is 29.8 Å². The van der Waals surface area contributed by atoms with E-state index in [0.29, 0.717) is 37.2 Å². The minimum atomic E-state index is -3.34. The van der Waals surface area contributed by atoms with E-state index in [4.69, 9.17) is 4.74 Å². The van der Waals surface area contributed by atoms with Crippen LogP contribution in [0.4, 0.5) is 5.69 Å². The van der Waals surface area contributed by atoms with Gasteiger partial charge in [0, 0.05) is 31.8 Å². The van der Waals surface area contributed by atoms with E-state index < -0.39 is 16.0 Å². The zero-order chi connectivity index (χ0) is 19.2. The van der Waals surface area contributed by atoms with Crippen LogP contribution < -0.4 is 5.32 Å². The predicted octanol–water partition coefficient (Wildman–Crippen LogP) is 1.10. The van der Waals surface area contributed by atoms with Gasteiger partial charge in [-0.2, -0.15) is 0 Å². The number of carbonyl (C=O) groups excluding carboxylic acids is 2. The Morgan fingerprint density at radius 2 is 1.77 bits per heavy atom. The molecule has 1 fully saturated rings. The van der Waals surface area contributed by atoms with Crippen LogP contribution in [-0.4, -0.2) is 64.3 Å². The van der Waals surface area contributed by atoms with Gasteiger partial charge in [0.05, 0.1) is 25.0 Å². The number of amides is 1. The fourth-order valence-corrected chi connectivity index (χ4v) is 4.17. The van der Waals surface area contributed by atoms with Crippen molar-refractivity contribution in [2.45, 2.75) is 12.8 Å². The van der Waals surface area contributed by atoms with Gasteiger partial charge in [-0.3, -0.25) is 4.79 Å². The van der Waals surface area contributed by atoms with Gasteiger partial charge in [0.1, 0.15) is 0 Å². The first-order chi connectivity index (χ1) is 12.4. The fraction of sp³-hybridized carbons (Fsp3) is 0.529. The highest BCUT2D eigenvalue weighted by molar-refractivity contribution is 7.89. The van der Waals surface area contributed by atoms with Crippen molar-refractivity contribution in [3.8, 4) is 0 Å². The Kier molecular flexibility index (Phi) is 7.13. The molecule has 0 aliphatic carbocycles. The lowest BCUT2D eigenvalue weighted by molar-refractivity contribution is -0.120. The molecule has 2 rings (SSSR count). The van der Waals surface area contributed by atoms with Crippen LogP contribution in [0.15, 0.2) is 24.3 Å². The third-order valence-corrected chi connectivity index (χ3v) is 6.17. The Balaban J connectivity index is 1.87. The highest BCUT2D eigenvalue weighted by Gasteiger charge is 2.30. The van der Waals surface area contributed by atoms with Gasteiger partial charge in [-0.05, 0) is 37.1 Å². The summed E-state index contributed by atoms with van der Waals surface area (Å²) in [6.07, 6.45) is 0.941. The molecule has 26 heavy (non-hydrogen) atoms. The smallest absolute Gasteiger partial charge is 0.337 e. The molecule has 1 N–H and O–H groups in total. The number of esters is 1. The normalized spacial score (nSPS) is 16.2. The number of nitrogens with one attached hydrogen (secondary N) is 1. The molecule has 0 radical (unpaired) electrons.